The van der Waals surface area contributed by atoms with E-state index in [0.717, 1.165) is 23.4 Å². The summed E-state index contributed by atoms with van der Waals surface area (Å²) in [4.78, 5) is 14.1. The number of carbonyl (C=O) groups excluding carboxylic acids is 1. The first kappa shape index (κ1) is 14.6. The van der Waals surface area contributed by atoms with Crippen molar-refractivity contribution in [3.8, 4) is 5.69 Å². The molecule has 1 saturated heterocycles. The van der Waals surface area contributed by atoms with Crippen LogP contribution in [0.2, 0.25) is 0 Å². The van der Waals surface area contributed by atoms with Crippen LogP contribution in [-0.2, 0) is 0 Å². The lowest BCUT2D eigenvalue weighted by atomic mass is 10.2. The van der Waals surface area contributed by atoms with Crippen LogP contribution in [0.3, 0.4) is 0 Å². The Morgan fingerprint density at radius 3 is 2.73 bits per heavy atom. The minimum Gasteiger partial charge on any atom is -0.334 e. The van der Waals surface area contributed by atoms with E-state index in [1.54, 1.807) is 4.90 Å². The molecule has 1 atom stereocenters. The minimum absolute atomic E-state index is 0.178. The number of carbonyl (C=O) groups is 1. The second kappa shape index (κ2) is 5.84. The number of nitrogens with one attached hydrogen (secondary N) is 1. The molecule has 1 aromatic carbocycles. The fraction of sp³-hybridized carbons (Fsp3) is 0.333. The Kier molecular flexibility index (Phi) is 3.89. The Hall–Kier alpha value is -2.28. The van der Waals surface area contributed by atoms with Gasteiger partial charge in [0.15, 0.2) is 17.3 Å². The van der Waals surface area contributed by atoms with Gasteiger partial charge >= 0.3 is 0 Å². The van der Waals surface area contributed by atoms with Crippen LogP contribution < -0.4 is 5.32 Å². The SMILES string of the molecule is CC1CN(C(=O)c2ccn(-c3c(F)cccc3F)n2)CCN1. The van der Waals surface area contributed by atoms with Gasteiger partial charge in [-0.1, -0.05) is 6.07 Å². The van der Waals surface area contributed by atoms with Gasteiger partial charge in [0.2, 0.25) is 0 Å². The van der Waals surface area contributed by atoms with Crippen molar-refractivity contribution >= 4 is 5.91 Å². The normalized spacial score (nSPS) is 18.5. The molecule has 0 radical (unpaired) electrons. The fourth-order valence-corrected chi connectivity index (χ4v) is 2.55. The highest BCUT2D eigenvalue weighted by molar-refractivity contribution is 5.92. The molecular formula is C15H16F2N4O. The van der Waals surface area contributed by atoms with E-state index in [9.17, 15) is 13.6 Å². The number of para-hydroxylation sites is 1. The predicted octanol–water partition coefficient (Wildman–Crippen LogP) is 1.58. The molecular weight excluding hydrogens is 290 g/mol. The highest BCUT2D eigenvalue weighted by Crippen LogP contribution is 2.17. The number of nitrogens with zero attached hydrogens (tertiary/aromatic N) is 3. The molecule has 1 aliphatic rings. The fourth-order valence-electron chi connectivity index (χ4n) is 2.55. The third-order valence-electron chi connectivity index (χ3n) is 3.63. The zero-order valence-corrected chi connectivity index (χ0v) is 12.1. The van der Waals surface area contributed by atoms with Gasteiger partial charge in [0.1, 0.15) is 5.69 Å². The van der Waals surface area contributed by atoms with E-state index in [-0.39, 0.29) is 23.3 Å². The van der Waals surface area contributed by atoms with E-state index in [1.165, 1.54) is 18.3 Å². The second-order valence-electron chi connectivity index (χ2n) is 5.32. The summed E-state index contributed by atoms with van der Waals surface area (Å²) in [7, 11) is 0. The molecule has 116 valence electrons. The molecule has 22 heavy (non-hydrogen) atoms. The molecule has 0 saturated carbocycles. The van der Waals surface area contributed by atoms with Gasteiger partial charge in [-0.15, -0.1) is 0 Å². The molecule has 0 bridgehead atoms. The van der Waals surface area contributed by atoms with Crippen molar-refractivity contribution in [2.45, 2.75) is 13.0 Å². The number of piperazine rings is 1. The van der Waals surface area contributed by atoms with E-state index in [0.29, 0.717) is 13.1 Å². The lowest BCUT2D eigenvalue weighted by molar-refractivity contribution is 0.0702. The number of aromatic nitrogens is 2. The van der Waals surface area contributed by atoms with Crippen LogP contribution in [0, 0.1) is 11.6 Å². The molecule has 2 aromatic rings. The van der Waals surface area contributed by atoms with Gasteiger partial charge in [-0.2, -0.15) is 5.10 Å². The maximum atomic E-state index is 13.7. The summed E-state index contributed by atoms with van der Waals surface area (Å²) >= 11 is 0. The Morgan fingerprint density at radius 2 is 2.05 bits per heavy atom. The van der Waals surface area contributed by atoms with E-state index in [1.807, 2.05) is 6.92 Å². The van der Waals surface area contributed by atoms with Gasteiger partial charge in [-0.25, -0.2) is 13.5 Å². The Balaban J connectivity index is 1.86. The number of halogens is 2. The van der Waals surface area contributed by atoms with Crippen LogP contribution in [0.25, 0.3) is 5.69 Å². The average molecular weight is 306 g/mol. The summed E-state index contributed by atoms with van der Waals surface area (Å²) in [5.41, 5.74) is -0.105. The van der Waals surface area contributed by atoms with Crippen molar-refractivity contribution in [2.24, 2.45) is 0 Å². The lowest BCUT2D eigenvalue weighted by Crippen LogP contribution is -2.51. The van der Waals surface area contributed by atoms with Gasteiger partial charge in [-0.3, -0.25) is 4.79 Å². The maximum absolute atomic E-state index is 13.7. The molecule has 0 aliphatic carbocycles. The van der Waals surface area contributed by atoms with E-state index >= 15 is 0 Å². The summed E-state index contributed by atoms with van der Waals surface area (Å²) in [6, 6.07) is 5.27. The Bertz CT molecular complexity index is 680. The molecule has 1 aliphatic heterocycles. The largest absolute Gasteiger partial charge is 0.334 e. The van der Waals surface area contributed by atoms with Crippen LogP contribution in [0.1, 0.15) is 17.4 Å². The Morgan fingerprint density at radius 1 is 1.32 bits per heavy atom. The number of hydrogen-bond donors (Lipinski definition) is 1. The molecule has 0 spiro atoms. The third kappa shape index (κ3) is 2.71. The molecule has 3 rings (SSSR count). The van der Waals surface area contributed by atoms with Crippen LogP contribution in [0.15, 0.2) is 30.5 Å². The maximum Gasteiger partial charge on any atom is 0.274 e. The minimum atomic E-state index is -0.724. The van der Waals surface area contributed by atoms with Crippen molar-refractivity contribution in [1.82, 2.24) is 20.0 Å². The van der Waals surface area contributed by atoms with Crippen molar-refractivity contribution < 1.29 is 13.6 Å². The van der Waals surface area contributed by atoms with Crippen molar-refractivity contribution in [2.75, 3.05) is 19.6 Å². The molecule has 1 N–H and O–H groups in total. The van der Waals surface area contributed by atoms with Gasteiger partial charge in [0.25, 0.3) is 5.91 Å². The van der Waals surface area contributed by atoms with Crippen LogP contribution in [0.5, 0.6) is 0 Å². The van der Waals surface area contributed by atoms with Gasteiger partial charge < -0.3 is 10.2 Å². The molecule has 2 heterocycles. The summed E-state index contributed by atoms with van der Waals surface area (Å²) in [5.74, 6) is -1.68. The topological polar surface area (TPSA) is 50.2 Å². The number of benzene rings is 1. The Labute approximate surface area is 126 Å². The highest BCUT2D eigenvalue weighted by Gasteiger charge is 2.24. The van der Waals surface area contributed by atoms with Crippen molar-refractivity contribution in [3.63, 3.8) is 0 Å². The lowest BCUT2D eigenvalue weighted by Gasteiger charge is -2.31. The molecule has 1 unspecified atom stereocenters. The number of rotatable bonds is 2. The van der Waals surface area contributed by atoms with Crippen LogP contribution >= 0.6 is 0 Å². The number of hydrogen-bond acceptors (Lipinski definition) is 3. The molecule has 1 fully saturated rings. The zero-order chi connectivity index (χ0) is 15.7. The summed E-state index contributed by atoms with van der Waals surface area (Å²) in [6.45, 7) is 3.88. The first-order chi connectivity index (χ1) is 10.6. The smallest absolute Gasteiger partial charge is 0.274 e. The van der Waals surface area contributed by atoms with Crippen LogP contribution in [0.4, 0.5) is 8.78 Å². The molecule has 1 amide bonds. The monoisotopic (exact) mass is 306 g/mol. The quantitative estimate of drug-likeness (QED) is 0.916. The summed E-state index contributed by atoms with van der Waals surface area (Å²) in [5, 5.41) is 7.27. The standard InChI is InChI=1S/C15H16F2N4O/c1-10-9-20(8-6-18-10)15(22)13-5-7-21(19-13)14-11(16)3-2-4-12(14)17/h2-5,7,10,18H,6,8-9H2,1H3. The van der Waals surface area contributed by atoms with Crippen LogP contribution in [-0.4, -0.2) is 46.3 Å². The van der Waals surface area contributed by atoms with Gasteiger partial charge in [-0.05, 0) is 25.1 Å². The molecule has 5 nitrogen and oxygen atoms in total. The van der Waals surface area contributed by atoms with E-state index in [4.69, 9.17) is 0 Å². The van der Waals surface area contributed by atoms with Crippen molar-refractivity contribution in [3.05, 3.63) is 47.8 Å². The first-order valence-electron chi connectivity index (χ1n) is 7.09. The molecule has 7 heteroatoms. The van der Waals surface area contributed by atoms with Gasteiger partial charge in [0.05, 0.1) is 0 Å². The average Bonchev–Trinajstić information content (AvgIpc) is 2.96. The van der Waals surface area contributed by atoms with E-state index < -0.39 is 11.6 Å². The third-order valence-corrected chi connectivity index (χ3v) is 3.63. The number of amides is 1. The highest BCUT2D eigenvalue weighted by atomic mass is 19.1. The van der Waals surface area contributed by atoms with E-state index in [2.05, 4.69) is 10.4 Å². The summed E-state index contributed by atoms with van der Waals surface area (Å²) < 4.78 is 28.6. The zero-order valence-electron chi connectivity index (χ0n) is 12.1. The first-order valence-corrected chi connectivity index (χ1v) is 7.09. The predicted molar refractivity (Wildman–Crippen MR) is 76.8 cm³/mol. The second-order valence-corrected chi connectivity index (χ2v) is 5.32. The molecule has 1 aromatic heterocycles. The van der Waals surface area contributed by atoms with Gasteiger partial charge in [0, 0.05) is 31.9 Å². The van der Waals surface area contributed by atoms with Crippen molar-refractivity contribution in [1.29, 1.82) is 0 Å². The summed E-state index contributed by atoms with van der Waals surface area (Å²) in [6.07, 6.45) is 1.39.